The van der Waals surface area contributed by atoms with E-state index in [0.717, 1.165) is 19.6 Å². The number of nitrogens with zero attached hydrogens (tertiary/aromatic N) is 1. The number of methoxy groups -OCH3 is 1. The van der Waals surface area contributed by atoms with Crippen molar-refractivity contribution in [1.82, 2.24) is 10.2 Å². The molecule has 1 unspecified atom stereocenters. The van der Waals surface area contributed by atoms with Gasteiger partial charge in [0, 0.05) is 26.6 Å². The van der Waals surface area contributed by atoms with Crippen molar-refractivity contribution in [3.05, 3.63) is 0 Å². The van der Waals surface area contributed by atoms with Gasteiger partial charge in [0.05, 0.1) is 12.7 Å². The van der Waals surface area contributed by atoms with Crippen LogP contribution in [-0.2, 0) is 9.53 Å². The summed E-state index contributed by atoms with van der Waals surface area (Å²) in [7, 11) is 1.55. The maximum atomic E-state index is 11.5. The summed E-state index contributed by atoms with van der Waals surface area (Å²) in [4.78, 5) is 13.8. The van der Waals surface area contributed by atoms with Gasteiger partial charge in [0.2, 0.25) is 5.91 Å². The summed E-state index contributed by atoms with van der Waals surface area (Å²) in [5.74, 6) is 0.0708. The molecule has 1 rings (SSSR count). The van der Waals surface area contributed by atoms with E-state index in [9.17, 15) is 9.90 Å². The van der Waals surface area contributed by atoms with E-state index >= 15 is 0 Å². The van der Waals surface area contributed by atoms with Crippen molar-refractivity contribution in [3.63, 3.8) is 0 Å². The number of aliphatic hydroxyl groups excluding tert-OH is 1. The molecule has 1 amide bonds. The molecule has 0 bridgehead atoms. The first-order valence-corrected chi connectivity index (χ1v) is 6.38. The summed E-state index contributed by atoms with van der Waals surface area (Å²) in [6.07, 6.45) is 3.12. The van der Waals surface area contributed by atoms with Crippen LogP contribution in [0.4, 0.5) is 0 Å². The Morgan fingerprint density at radius 1 is 1.47 bits per heavy atom. The predicted octanol–water partition coefficient (Wildman–Crippen LogP) is -0.0141. The molecule has 1 atom stereocenters. The SMILES string of the molecule is COCC(O)CCNC(=O)CCN1CCCC1. The first-order chi connectivity index (χ1) is 8.22. The summed E-state index contributed by atoms with van der Waals surface area (Å²) >= 11 is 0. The van der Waals surface area contributed by atoms with E-state index in [0.29, 0.717) is 26.0 Å². The third kappa shape index (κ3) is 6.61. The molecule has 1 aliphatic rings. The second-order valence-corrected chi connectivity index (χ2v) is 4.55. The van der Waals surface area contributed by atoms with E-state index in [-0.39, 0.29) is 5.91 Å². The first-order valence-electron chi connectivity index (χ1n) is 6.38. The Morgan fingerprint density at radius 2 is 2.18 bits per heavy atom. The summed E-state index contributed by atoms with van der Waals surface area (Å²) in [6, 6.07) is 0. The lowest BCUT2D eigenvalue weighted by molar-refractivity contribution is -0.121. The second-order valence-electron chi connectivity index (χ2n) is 4.55. The molecule has 0 aromatic rings. The van der Waals surface area contributed by atoms with Gasteiger partial charge < -0.3 is 20.1 Å². The minimum absolute atomic E-state index is 0.0708. The van der Waals surface area contributed by atoms with Crippen LogP contribution in [0.15, 0.2) is 0 Å². The van der Waals surface area contributed by atoms with Crippen LogP contribution in [0.25, 0.3) is 0 Å². The van der Waals surface area contributed by atoms with Gasteiger partial charge in [-0.2, -0.15) is 0 Å². The molecule has 0 saturated carbocycles. The highest BCUT2D eigenvalue weighted by molar-refractivity contribution is 5.76. The van der Waals surface area contributed by atoms with Gasteiger partial charge in [-0.3, -0.25) is 4.79 Å². The molecule has 1 saturated heterocycles. The molecular formula is C12H24N2O3. The monoisotopic (exact) mass is 244 g/mol. The summed E-state index contributed by atoms with van der Waals surface area (Å²) in [5, 5.41) is 12.2. The molecule has 0 aromatic heterocycles. The molecule has 5 heteroatoms. The normalized spacial score (nSPS) is 18.2. The standard InChI is InChI=1S/C12H24N2O3/c1-17-10-11(15)4-6-13-12(16)5-9-14-7-2-3-8-14/h11,15H,2-10H2,1H3,(H,13,16). The maximum absolute atomic E-state index is 11.5. The lowest BCUT2D eigenvalue weighted by Crippen LogP contribution is -2.31. The number of hydrogen-bond acceptors (Lipinski definition) is 4. The third-order valence-corrected chi connectivity index (χ3v) is 3.01. The lowest BCUT2D eigenvalue weighted by atomic mass is 10.2. The van der Waals surface area contributed by atoms with E-state index in [2.05, 4.69) is 10.2 Å². The number of likely N-dealkylation sites (tertiary alicyclic amines) is 1. The Morgan fingerprint density at radius 3 is 2.82 bits per heavy atom. The van der Waals surface area contributed by atoms with Crippen molar-refractivity contribution in [2.24, 2.45) is 0 Å². The number of carbonyl (C=O) groups is 1. The average molecular weight is 244 g/mol. The Kier molecular flexibility index (Phi) is 7.16. The van der Waals surface area contributed by atoms with Gasteiger partial charge in [-0.1, -0.05) is 0 Å². The van der Waals surface area contributed by atoms with Crippen LogP contribution < -0.4 is 5.32 Å². The van der Waals surface area contributed by atoms with Crippen LogP contribution in [0.3, 0.4) is 0 Å². The molecule has 1 heterocycles. The van der Waals surface area contributed by atoms with Crippen LogP contribution >= 0.6 is 0 Å². The number of rotatable bonds is 8. The number of nitrogens with one attached hydrogen (secondary N) is 1. The molecule has 0 spiro atoms. The average Bonchev–Trinajstić information content (AvgIpc) is 2.79. The highest BCUT2D eigenvalue weighted by atomic mass is 16.5. The van der Waals surface area contributed by atoms with Crippen molar-refractivity contribution in [3.8, 4) is 0 Å². The smallest absolute Gasteiger partial charge is 0.221 e. The number of amides is 1. The Hall–Kier alpha value is -0.650. The van der Waals surface area contributed by atoms with E-state index in [1.54, 1.807) is 7.11 Å². The molecule has 17 heavy (non-hydrogen) atoms. The van der Waals surface area contributed by atoms with E-state index in [1.165, 1.54) is 12.8 Å². The van der Waals surface area contributed by atoms with Gasteiger partial charge >= 0.3 is 0 Å². The lowest BCUT2D eigenvalue weighted by Gasteiger charge is -2.14. The number of ether oxygens (including phenoxy) is 1. The number of aliphatic hydroxyl groups is 1. The van der Waals surface area contributed by atoms with Crippen LogP contribution in [0.5, 0.6) is 0 Å². The fourth-order valence-corrected chi connectivity index (χ4v) is 2.01. The van der Waals surface area contributed by atoms with Crippen LogP contribution in [0, 0.1) is 0 Å². The molecule has 0 aliphatic carbocycles. The van der Waals surface area contributed by atoms with Crippen LogP contribution in [0.1, 0.15) is 25.7 Å². The summed E-state index contributed by atoms with van der Waals surface area (Å²) in [5.41, 5.74) is 0. The van der Waals surface area contributed by atoms with Crippen molar-refractivity contribution in [2.75, 3.05) is 39.9 Å². The fraction of sp³-hybridized carbons (Fsp3) is 0.917. The first kappa shape index (κ1) is 14.4. The second kappa shape index (κ2) is 8.44. The molecule has 0 radical (unpaired) electrons. The molecule has 1 aliphatic heterocycles. The van der Waals surface area contributed by atoms with E-state index in [1.807, 2.05) is 0 Å². The van der Waals surface area contributed by atoms with Gasteiger partial charge in [-0.15, -0.1) is 0 Å². The maximum Gasteiger partial charge on any atom is 0.221 e. The zero-order chi connectivity index (χ0) is 12.5. The van der Waals surface area contributed by atoms with Crippen molar-refractivity contribution < 1.29 is 14.6 Å². The van der Waals surface area contributed by atoms with Crippen molar-refractivity contribution in [1.29, 1.82) is 0 Å². The zero-order valence-electron chi connectivity index (χ0n) is 10.7. The summed E-state index contributed by atoms with van der Waals surface area (Å²) < 4.78 is 4.81. The zero-order valence-corrected chi connectivity index (χ0v) is 10.7. The molecule has 1 fully saturated rings. The Bertz CT molecular complexity index is 218. The van der Waals surface area contributed by atoms with Crippen LogP contribution in [-0.4, -0.2) is 61.9 Å². The fourth-order valence-electron chi connectivity index (χ4n) is 2.01. The Labute approximate surface area is 103 Å². The Balaban J connectivity index is 1.97. The topological polar surface area (TPSA) is 61.8 Å². The highest BCUT2D eigenvalue weighted by Gasteiger charge is 2.12. The third-order valence-electron chi connectivity index (χ3n) is 3.01. The number of hydrogen-bond donors (Lipinski definition) is 2. The van der Waals surface area contributed by atoms with Crippen molar-refractivity contribution in [2.45, 2.75) is 31.8 Å². The van der Waals surface area contributed by atoms with Gasteiger partial charge in [-0.05, 0) is 32.4 Å². The highest BCUT2D eigenvalue weighted by Crippen LogP contribution is 2.07. The van der Waals surface area contributed by atoms with Gasteiger partial charge in [0.25, 0.3) is 0 Å². The largest absolute Gasteiger partial charge is 0.391 e. The quantitative estimate of drug-likeness (QED) is 0.630. The molecule has 0 aromatic carbocycles. The number of carbonyl (C=O) groups excluding carboxylic acids is 1. The minimum Gasteiger partial charge on any atom is -0.391 e. The van der Waals surface area contributed by atoms with Gasteiger partial charge in [-0.25, -0.2) is 0 Å². The van der Waals surface area contributed by atoms with E-state index in [4.69, 9.17) is 4.74 Å². The van der Waals surface area contributed by atoms with Crippen LogP contribution in [0.2, 0.25) is 0 Å². The molecule has 100 valence electrons. The predicted molar refractivity (Wildman–Crippen MR) is 65.8 cm³/mol. The van der Waals surface area contributed by atoms with Gasteiger partial charge in [0.1, 0.15) is 0 Å². The van der Waals surface area contributed by atoms with Crippen molar-refractivity contribution >= 4 is 5.91 Å². The minimum atomic E-state index is -0.487. The molecule has 2 N–H and O–H groups in total. The van der Waals surface area contributed by atoms with Gasteiger partial charge in [0.15, 0.2) is 0 Å². The molecule has 5 nitrogen and oxygen atoms in total. The van der Waals surface area contributed by atoms with E-state index < -0.39 is 6.10 Å². The molecular weight excluding hydrogens is 220 g/mol. The summed E-state index contributed by atoms with van der Waals surface area (Å²) in [6.45, 7) is 3.94.